The van der Waals surface area contributed by atoms with Crippen molar-refractivity contribution >= 4 is 21.6 Å². The van der Waals surface area contributed by atoms with Gasteiger partial charge in [0.05, 0.1) is 17.2 Å². The molecule has 2 aromatic carbocycles. The minimum absolute atomic E-state index is 0.224. The summed E-state index contributed by atoms with van der Waals surface area (Å²) in [4.78, 5) is 12.2. The molecule has 0 heterocycles. The van der Waals surface area contributed by atoms with E-state index in [2.05, 4.69) is 5.32 Å². The minimum atomic E-state index is -3.64. The Morgan fingerprint density at radius 2 is 1.68 bits per heavy atom. The highest BCUT2D eigenvalue weighted by Crippen LogP contribution is 2.22. The number of methoxy groups -OCH3 is 1. The van der Waals surface area contributed by atoms with Crippen molar-refractivity contribution in [1.29, 1.82) is 0 Å². The Balaban J connectivity index is 2.15. The summed E-state index contributed by atoms with van der Waals surface area (Å²) in [5.74, 6) is -0.229. The van der Waals surface area contributed by atoms with Gasteiger partial charge >= 0.3 is 0 Å². The number of anilines is 1. The molecule has 1 amide bonds. The van der Waals surface area contributed by atoms with E-state index >= 15 is 0 Å². The van der Waals surface area contributed by atoms with Gasteiger partial charge in [0.2, 0.25) is 0 Å². The molecule has 0 aliphatic heterocycles. The number of hydrogen-bond donors (Lipinski definition) is 1. The molecule has 6 nitrogen and oxygen atoms in total. The predicted octanol–water partition coefficient (Wildman–Crippen LogP) is 2.20. The molecule has 0 fully saturated rings. The first kappa shape index (κ1) is 19.0. The van der Waals surface area contributed by atoms with Crippen molar-refractivity contribution in [3.05, 3.63) is 59.7 Å². The van der Waals surface area contributed by atoms with Gasteiger partial charge in [0, 0.05) is 26.3 Å². The van der Waals surface area contributed by atoms with E-state index < -0.39 is 10.0 Å². The summed E-state index contributed by atoms with van der Waals surface area (Å²) in [5.41, 5.74) is 1.93. The zero-order chi connectivity index (χ0) is 18.4. The largest absolute Gasteiger partial charge is 0.383 e. The van der Waals surface area contributed by atoms with Gasteiger partial charge in [-0.25, -0.2) is 8.42 Å². The number of carbonyl (C=O) groups excluding carboxylic acids is 1. The van der Waals surface area contributed by atoms with E-state index in [1.165, 1.54) is 11.4 Å². The van der Waals surface area contributed by atoms with Crippen LogP contribution in [0.1, 0.15) is 15.9 Å². The molecule has 0 spiro atoms. The summed E-state index contributed by atoms with van der Waals surface area (Å²) in [7, 11) is -0.593. The molecule has 0 saturated heterocycles. The molecule has 0 aliphatic carbocycles. The number of aryl methyl sites for hydroxylation is 1. The fraction of sp³-hybridized carbons (Fsp3) is 0.278. The van der Waals surface area contributed by atoms with E-state index in [1.807, 2.05) is 6.92 Å². The Hall–Kier alpha value is -2.38. The predicted molar refractivity (Wildman–Crippen MR) is 97.4 cm³/mol. The van der Waals surface area contributed by atoms with E-state index in [4.69, 9.17) is 4.74 Å². The fourth-order valence-corrected chi connectivity index (χ4v) is 3.39. The summed E-state index contributed by atoms with van der Waals surface area (Å²) in [5, 5.41) is 2.71. The number of amides is 1. The lowest BCUT2D eigenvalue weighted by atomic mass is 10.2. The number of sulfonamides is 1. The van der Waals surface area contributed by atoms with Gasteiger partial charge in [-0.15, -0.1) is 0 Å². The third kappa shape index (κ3) is 4.58. The van der Waals surface area contributed by atoms with Gasteiger partial charge in [0.25, 0.3) is 15.9 Å². The second-order valence-electron chi connectivity index (χ2n) is 5.58. The summed E-state index contributed by atoms with van der Waals surface area (Å²) in [6.07, 6.45) is 0. The first-order valence-corrected chi connectivity index (χ1v) is 9.23. The lowest BCUT2D eigenvalue weighted by Gasteiger charge is -2.20. The number of ether oxygens (including phenoxy) is 1. The highest BCUT2D eigenvalue weighted by Gasteiger charge is 2.21. The van der Waals surface area contributed by atoms with Gasteiger partial charge in [-0.1, -0.05) is 17.7 Å². The molecule has 0 atom stereocenters. The van der Waals surface area contributed by atoms with E-state index in [0.717, 1.165) is 5.56 Å². The average Bonchev–Trinajstić information content (AvgIpc) is 2.61. The number of rotatable bonds is 7. The third-order valence-corrected chi connectivity index (χ3v) is 5.56. The zero-order valence-corrected chi connectivity index (χ0v) is 15.3. The average molecular weight is 362 g/mol. The maximum atomic E-state index is 12.7. The number of carbonyl (C=O) groups is 1. The van der Waals surface area contributed by atoms with Crippen molar-refractivity contribution in [1.82, 2.24) is 5.32 Å². The molecule has 1 N–H and O–H groups in total. The van der Waals surface area contributed by atoms with Gasteiger partial charge in [-0.3, -0.25) is 9.10 Å². The van der Waals surface area contributed by atoms with Gasteiger partial charge in [-0.2, -0.15) is 0 Å². The monoisotopic (exact) mass is 362 g/mol. The van der Waals surface area contributed by atoms with Crippen molar-refractivity contribution in [2.45, 2.75) is 11.8 Å². The standard InChI is InChI=1S/C18H22N2O4S/c1-14-4-10-17(11-5-14)25(22,23)20(2)16-8-6-15(7-9-16)18(21)19-12-13-24-3/h4-11H,12-13H2,1-3H3,(H,19,21). The normalized spacial score (nSPS) is 11.2. The van der Waals surface area contributed by atoms with Gasteiger partial charge in [-0.05, 0) is 43.3 Å². The molecule has 2 aromatic rings. The van der Waals surface area contributed by atoms with E-state index in [1.54, 1.807) is 55.6 Å². The SMILES string of the molecule is COCCNC(=O)c1ccc(N(C)S(=O)(=O)c2ccc(C)cc2)cc1. The van der Waals surface area contributed by atoms with Crippen molar-refractivity contribution in [3.8, 4) is 0 Å². The summed E-state index contributed by atoms with van der Waals surface area (Å²) in [6.45, 7) is 2.75. The Morgan fingerprint density at radius 1 is 1.08 bits per heavy atom. The van der Waals surface area contributed by atoms with Gasteiger partial charge < -0.3 is 10.1 Å². The number of nitrogens with zero attached hydrogens (tertiary/aromatic N) is 1. The highest BCUT2D eigenvalue weighted by atomic mass is 32.2. The van der Waals surface area contributed by atoms with Crippen molar-refractivity contribution in [2.24, 2.45) is 0 Å². The summed E-state index contributed by atoms with van der Waals surface area (Å²) in [6, 6.07) is 13.1. The maximum Gasteiger partial charge on any atom is 0.264 e. The van der Waals surface area contributed by atoms with Crippen molar-refractivity contribution in [3.63, 3.8) is 0 Å². The molecular weight excluding hydrogens is 340 g/mol. The molecule has 7 heteroatoms. The third-order valence-electron chi connectivity index (χ3n) is 3.76. The van der Waals surface area contributed by atoms with Crippen LogP contribution in [-0.4, -0.2) is 41.6 Å². The molecule has 0 radical (unpaired) electrons. The number of nitrogens with one attached hydrogen (secondary N) is 1. The van der Waals surface area contributed by atoms with Gasteiger partial charge in [0.15, 0.2) is 0 Å². The van der Waals surface area contributed by atoms with Crippen molar-refractivity contribution < 1.29 is 17.9 Å². The Bertz CT molecular complexity index is 815. The molecular formula is C18H22N2O4S. The Kier molecular flexibility index (Phi) is 6.17. The van der Waals surface area contributed by atoms with Crippen LogP contribution in [-0.2, 0) is 14.8 Å². The van der Waals surface area contributed by atoms with Crippen LogP contribution < -0.4 is 9.62 Å². The van der Waals surface area contributed by atoms with Crippen LogP contribution in [0.25, 0.3) is 0 Å². The fourth-order valence-electron chi connectivity index (χ4n) is 2.20. The van der Waals surface area contributed by atoms with Crippen LogP contribution in [0.15, 0.2) is 53.4 Å². The van der Waals surface area contributed by atoms with E-state index in [9.17, 15) is 13.2 Å². The van der Waals surface area contributed by atoms with Crippen LogP contribution in [0.5, 0.6) is 0 Å². The smallest absolute Gasteiger partial charge is 0.264 e. The second kappa shape index (κ2) is 8.13. The van der Waals surface area contributed by atoms with E-state index in [0.29, 0.717) is 24.4 Å². The molecule has 134 valence electrons. The Labute approximate surface area is 148 Å². The molecule has 0 aromatic heterocycles. The molecule has 0 bridgehead atoms. The molecule has 25 heavy (non-hydrogen) atoms. The zero-order valence-electron chi connectivity index (χ0n) is 14.5. The topological polar surface area (TPSA) is 75.7 Å². The second-order valence-corrected chi connectivity index (χ2v) is 7.55. The van der Waals surface area contributed by atoms with E-state index in [-0.39, 0.29) is 10.8 Å². The quantitative estimate of drug-likeness (QED) is 0.766. The number of hydrogen-bond acceptors (Lipinski definition) is 4. The van der Waals surface area contributed by atoms with Crippen molar-refractivity contribution in [2.75, 3.05) is 31.6 Å². The van der Waals surface area contributed by atoms with Crippen LogP contribution in [0, 0.1) is 6.92 Å². The molecule has 0 aliphatic rings. The maximum absolute atomic E-state index is 12.7. The first-order chi connectivity index (χ1) is 11.9. The lowest BCUT2D eigenvalue weighted by molar-refractivity contribution is 0.0937. The number of benzene rings is 2. The van der Waals surface area contributed by atoms with Crippen LogP contribution >= 0.6 is 0 Å². The molecule has 0 saturated carbocycles. The van der Waals surface area contributed by atoms with Crippen LogP contribution in [0.2, 0.25) is 0 Å². The summed E-state index contributed by atoms with van der Waals surface area (Å²) >= 11 is 0. The highest BCUT2D eigenvalue weighted by molar-refractivity contribution is 7.92. The Morgan fingerprint density at radius 3 is 2.24 bits per heavy atom. The lowest BCUT2D eigenvalue weighted by Crippen LogP contribution is -2.28. The minimum Gasteiger partial charge on any atom is -0.383 e. The van der Waals surface area contributed by atoms with Crippen LogP contribution in [0.4, 0.5) is 5.69 Å². The summed E-state index contributed by atoms with van der Waals surface area (Å²) < 4.78 is 31.4. The van der Waals surface area contributed by atoms with Gasteiger partial charge in [0.1, 0.15) is 0 Å². The van der Waals surface area contributed by atoms with Crippen LogP contribution in [0.3, 0.4) is 0 Å². The first-order valence-electron chi connectivity index (χ1n) is 7.79. The molecule has 2 rings (SSSR count). The molecule has 0 unspecified atom stereocenters.